The van der Waals surface area contributed by atoms with Crippen LogP contribution in [0.4, 0.5) is 0 Å². The number of hydrogen-bond acceptors (Lipinski definition) is 4. The highest BCUT2D eigenvalue weighted by Crippen LogP contribution is 2.66. The Morgan fingerprint density at radius 2 is 1.83 bits per heavy atom. The van der Waals surface area contributed by atoms with Crippen LogP contribution in [0.25, 0.3) is 0 Å². The molecule has 0 aliphatic heterocycles. The highest BCUT2D eigenvalue weighted by molar-refractivity contribution is 5.66. The fourth-order valence-corrected chi connectivity index (χ4v) is 8.95. The van der Waals surface area contributed by atoms with Gasteiger partial charge in [-0.3, -0.25) is 4.79 Å². The summed E-state index contributed by atoms with van der Waals surface area (Å²) in [6, 6.07) is 0. The van der Waals surface area contributed by atoms with Gasteiger partial charge in [0.2, 0.25) is 0 Å². The molecule has 1 unspecified atom stereocenters. The summed E-state index contributed by atoms with van der Waals surface area (Å²) >= 11 is 0. The van der Waals surface area contributed by atoms with E-state index in [1.807, 2.05) is 0 Å². The minimum Gasteiger partial charge on any atom is -0.435 e. The van der Waals surface area contributed by atoms with E-state index in [4.69, 9.17) is 4.74 Å². The third kappa shape index (κ3) is 4.45. The Kier molecular flexibility index (Phi) is 7.47. The molecule has 4 nitrogen and oxygen atoms in total. The number of hydrogen-bond donors (Lipinski definition) is 2. The first-order valence-electron chi connectivity index (χ1n) is 14.4. The summed E-state index contributed by atoms with van der Waals surface area (Å²) < 4.78 is 5.21. The zero-order chi connectivity index (χ0) is 26.6. The third-order valence-electron chi connectivity index (χ3n) is 11.1. The van der Waals surface area contributed by atoms with Gasteiger partial charge in [-0.05, 0) is 114 Å². The maximum absolute atomic E-state index is 11.8. The van der Waals surface area contributed by atoms with E-state index in [1.165, 1.54) is 29.2 Å². The minimum atomic E-state index is -0.399. The molecule has 4 rings (SSSR count). The van der Waals surface area contributed by atoms with Gasteiger partial charge in [-0.15, -0.1) is 0 Å². The number of carbonyl (C=O) groups is 1. The number of fused-ring (bicyclic) bond motifs is 4. The smallest absolute Gasteiger partial charge is 0.307 e. The first-order chi connectivity index (χ1) is 16.7. The Balaban J connectivity index is 1.57. The van der Waals surface area contributed by atoms with Crippen molar-refractivity contribution in [3.05, 3.63) is 34.6 Å². The number of aliphatic hydroxyl groups is 2. The molecule has 0 radical (unpaired) electrons. The van der Waals surface area contributed by atoms with Crippen LogP contribution in [0, 0.1) is 39.9 Å². The zero-order valence-electron chi connectivity index (χ0n) is 24.0. The molecule has 4 aliphatic carbocycles. The van der Waals surface area contributed by atoms with Crippen LogP contribution in [0.2, 0.25) is 0 Å². The van der Waals surface area contributed by atoms with Gasteiger partial charge < -0.3 is 14.9 Å². The standard InChI is InChI=1S/C32H50O4/c1-19(2)22(18-36-21(4)33)10-9-20(3)24-12-13-25-23-11-14-27-30(5,6)28(35)15-16-31(27,7)29(23)26(34)17-32(24,25)8/h13,18-20,24,26-28,34-35H,9-12,14-17H2,1-8H3/t20-,24-,26+,27?,28+,31+,32-/m1/s1. The Bertz CT molecular complexity index is 969. The molecule has 4 aliphatic rings. The molecule has 0 amide bonds. The number of aliphatic hydroxyl groups excluding tert-OH is 2. The average Bonchev–Trinajstić information content (AvgIpc) is 3.12. The van der Waals surface area contributed by atoms with Crippen LogP contribution in [-0.4, -0.2) is 28.4 Å². The van der Waals surface area contributed by atoms with E-state index in [0.717, 1.165) is 51.4 Å². The molecule has 36 heavy (non-hydrogen) atoms. The summed E-state index contributed by atoms with van der Waals surface area (Å²) in [4.78, 5) is 11.3. The molecule has 0 bridgehead atoms. The van der Waals surface area contributed by atoms with E-state index in [2.05, 4.69) is 54.5 Å². The van der Waals surface area contributed by atoms with Gasteiger partial charge in [0.05, 0.1) is 18.5 Å². The summed E-state index contributed by atoms with van der Waals surface area (Å²) in [6.45, 7) is 17.4. The fraction of sp³-hybridized carbons (Fsp3) is 0.781. The molecule has 202 valence electrons. The van der Waals surface area contributed by atoms with Gasteiger partial charge in [-0.2, -0.15) is 0 Å². The van der Waals surface area contributed by atoms with Crippen LogP contribution in [0.3, 0.4) is 0 Å². The van der Waals surface area contributed by atoms with E-state index in [0.29, 0.717) is 23.7 Å². The fourth-order valence-electron chi connectivity index (χ4n) is 8.95. The quantitative estimate of drug-likeness (QED) is 0.302. The van der Waals surface area contributed by atoms with Crippen LogP contribution in [0.5, 0.6) is 0 Å². The molecule has 0 aromatic heterocycles. The number of carbonyl (C=O) groups excluding carboxylic acids is 1. The van der Waals surface area contributed by atoms with E-state index < -0.39 is 6.10 Å². The van der Waals surface area contributed by atoms with Gasteiger partial charge in [0.15, 0.2) is 0 Å². The van der Waals surface area contributed by atoms with Crippen LogP contribution >= 0.6 is 0 Å². The monoisotopic (exact) mass is 498 g/mol. The van der Waals surface area contributed by atoms with Crippen molar-refractivity contribution in [2.75, 3.05) is 0 Å². The molecule has 2 N–H and O–H groups in total. The molecule has 0 saturated heterocycles. The summed E-state index contributed by atoms with van der Waals surface area (Å²) in [6.07, 6.45) is 11.3. The van der Waals surface area contributed by atoms with Crippen molar-refractivity contribution in [1.82, 2.24) is 0 Å². The van der Waals surface area contributed by atoms with Gasteiger partial charge in [0.1, 0.15) is 0 Å². The predicted octanol–water partition coefficient (Wildman–Crippen LogP) is 7.12. The lowest BCUT2D eigenvalue weighted by molar-refractivity contribution is -0.135. The first kappa shape index (κ1) is 27.6. The zero-order valence-corrected chi connectivity index (χ0v) is 24.0. The second-order valence-corrected chi connectivity index (χ2v) is 13.8. The predicted molar refractivity (Wildman–Crippen MR) is 145 cm³/mol. The van der Waals surface area contributed by atoms with Crippen molar-refractivity contribution in [3.8, 4) is 0 Å². The van der Waals surface area contributed by atoms with Gasteiger partial charge in [-0.1, -0.05) is 54.5 Å². The highest BCUT2D eigenvalue weighted by Gasteiger charge is 2.59. The second-order valence-electron chi connectivity index (χ2n) is 13.8. The number of ether oxygens (including phenoxy) is 1. The summed E-state index contributed by atoms with van der Waals surface area (Å²) in [7, 11) is 0. The molecular formula is C32H50O4. The maximum Gasteiger partial charge on any atom is 0.307 e. The van der Waals surface area contributed by atoms with Crippen molar-refractivity contribution in [3.63, 3.8) is 0 Å². The van der Waals surface area contributed by atoms with Crippen LogP contribution in [-0.2, 0) is 9.53 Å². The second kappa shape index (κ2) is 9.73. The normalized spacial score (nSPS) is 38.8. The van der Waals surface area contributed by atoms with Crippen LogP contribution in [0.15, 0.2) is 34.6 Å². The van der Waals surface area contributed by atoms with Crippen LogP contribution in [0.1, 0.15) is 107 Å². The van der Waals surface area contributed by atoms with E-state index in [1.54, 1.807) is 6.26 Å². The summed E-state index contributed by atoms with van der Waals surface area (Å²) in [5.41, 5.74) is 5.31. The molecule has 0 spiro atoms. The average molecular weight is 499 g/mol. The Morgan fingerprint density at radius 3 is 2.47 bits per heavy atom. The Labute approximate surface area is 219 Å². The van der Waals surface area contributed by atoms with Crippen LogP contribution < -0.4 is 0 Å². The minimum absolute atomic E-state index is 0.00214. The molecule has 7 atom stereocenters. The van der Waals surface area contributed by atoms with Gasteiger partial charge >= 0.3 is 5.97 Å². The SMILES string of the molecule is CC(=O)OC=C(CC[C@@H](C)[C@H]1CC=C2C3=C([C@@H](O)C[C@@]21C)[C@@]1(C)CC[C@H](O)C(C)(C)C1CC3)C(C)C. The molecule has 0 aromatic carbocycles. The van der Waals surface area contributed by atoms with Gasteiger partial charge in [0, 0.05) is 6.92 Å². The van der Waals surface area contributed by atoms with Crippen molar-refractivity contribution >= 4 is 5.97 Å². The lowest BCUT2D eigenvalue weighted by atomic mass is 9.46. The van der Waals surface area contributed by atoms with Crippen molar-refractivity contribution in [1.29, 1.82) is 0 Å². The Hall–Kier alpha value is -1.39. The van der Waals surface area contributed by atoms with Crippen molar-refractivity contribution in [2.24, 2.45) is 39.9 Å². The lowest BCUT2D eigenvalue weighted by Gasteiger charge is -2.60. The van der Waals surface area contributed by atoms with Gasteiger partial charge in [-0.25, -0.2) is 0 Å². The summed E-state index contributed by atoms with van der Waals surface area (Å²) in [5, 5.41) is 22.6. The molecule has 0 aromatic rings. The Morgan fingerprint density at radius 1 is 1.14 bits per heavy atom. The molecular weight excluding hydrogens is 448 g/mol. The molecule has 1 fully saturated rings. The number of allylic oxidation sites excluding steroid dienone is 4. The largest absolute Gasteiger partial charge is 0.435 e. The van der Waals surface area contributed by atoms with E-state index in [-0.39, 0.29) is 28.3 Å². The van der Waals surface area contributed by atoms with Crippen molar-refractivity contribution < 1.29 is 19.7 Å². The molecule has 0 heterocycles. The van der Waals surface area contributed by atoms with Crippen molar-refractivity contribution in [2.45, 2.75) is 119 Å². The van der Waals surface area contributed by atoms with Gasteiger partial charge in [0.25, 0.3) is 0 Å². The number of esters is 1. The first-order valence-corrected chi connectivity index (χ1v) is 14.4. The highest BCUT2D eigenvalue weighted by atomic mass is 16.5. The molecule has 4 heteroatoms. The van der Waals surface area contributed by atoms with E-state index in [9.17, 15) is 15.0 Å². The third-order valence-corrected chi connectivity index (χ3v) is 11.1. The van der Waals surface area contributed by atoms with E-state index >= 15 is 0 Å². The number of rotatable bonds is 6. The maximum atomic E-state index is 11.8. The summed E-state index contributed by atoms with van der Waals surface area (Å²) in [5.74, 6) is 1.50. The lowest BCUT2D eigenvalue weighted by Crippen LogP contribution is -2.55. The molecule has 1 saturated carbocycles. The topological polar surface area (TPSA) is 66.8 Å².